The Balaban J connectivity index is 2.13. The minimum Gasteiger partial charge on any atom is -0.377 e. The van der Waals surface area contributed by atoms with Crippen molar-refractivity contribution in [3.8, 4) is 0 Å². The van der Waals surface area contributed by atoms with Crippen molar-refractivity contribution in [2.24, 2.45) is 5.92 Å². The van der Waals surface area contributed by atoms with E-state index in [9.17, 15) is 17.6 Å². The van der Waals surface area contributed by atoms with Crippen LogP contribution in [0.5, 0.6) is 0 Å². The number of halogens is 4. The second-order valence-corrected chi connectivity index (χ2v) is 5.42. The van der Waals surface area contributed by atoms with Gasteiger partial charge in [0.2, 0.25) is 0 Å². The molecule has 0 aliphatic carbocycles. The molecule has 0 radical (unpaired) electrons. The smallest absolute Gasteiger partial charge is 0.185 e. The zero-order valence-electron chi connectivity index (χ0n) is 11.5. The van der Waals surface area contributed by atoms with Gasteiger partial charge in [0.25, 0.3) is 0 Å². The van der Waals surface area contributed by atoms with Gasteiger partial charge in [0.15, 0.2) is 23.3 Å². The van der Waals surface area contributed by atoms with Crippen molar-refractivity contribution in [1.29, 1.82) is 0 Å². The first-order chi connectivity index (χ1) is 9.40. The molecule has 0 amide bonds. The number of hydrogen-bond donors (Lipinski definition) is 1. The van der Waals surface area contributed by atoms with Gasteiger partial charge < -0.3 is 10.2 Å². The normalized spacial score (nSPS) is 19.1. The lowest BCUT2D eigenvalue weighted by molar-refractivity contribution is 0.208. The molecule has 0 saturated carbocycles. The maximum absolute atomic E-state index is 13.6. The summed E-state index contributed by atoms with van der Waals surface area (Å²) in [6.07, 6.45) is 1.76. The number of rotatable bonds is 3. The molecule has 2 rings (SSSR count). The molecule has 1 unspecified atom stereocenters. The molecule has 1 aliphatic rings. The second-order valence-electron chi connectivity index (χ2n) is 5.42. The first kappa shape index (κ1) is 15.1. The molecule has 20 heavy (non-hydrogen) atoms. The van der Waals surface area contributed by atoms with Crippen molar-refractivity contribution in [1.82, 2.24) is 4.90 Å². The van der Waals surface area contributed by atoms with Gasteiger partial charge in [0.1, 0.15) is 5.69 Å². The molecule has 1 aliphatic heterocycles. The van der Waals surface area contributed by atoms with Gasteiger partial charge in [0, 0.05) is 12.1 Å². The fraction of sp³-hybridized carbons (Fsp3) is 0.571. The predicted molar refractivity (Wildman–Crippen MR) is 69.6 cm³/mol. The lowest BCUT2D eigenvalue weighted by atomic mass is 9.90. The minimum atomic E-state index is -1.39. The molecule has 112 valence electrons. The highest BCUT2D eigenvalue weighted by Gasteiger charge is 2.26. The van der Waals surface area contributed by atoms with Crippen LogP contribution in [0.15, 0.2) is 6.07 Å². The number of piperidine rings is 1. The van der Waals surface area contributed by atoms with Gasteiger partial charge >= 0.3 is 0 Å². The number of anilines is 1. The van der Waals surface area contributed by atoms with Crippen LogP contribution in [-0.2, 0) is 0 Å². The third-order valence-electron chi connectivity index (χ3n) is 3.95. The quantitative estimate of drug-likeness (QED) is 0.678. The van der Waals surface area contributed by atoms with E-state index in [4.69, 9.17) is 0 Å². The third-order valence-corrected chi connectivity index (χ3v) is 3.95. The zero-order valence-corrected chi connectivity index (χ0v) is 11.5. The predicted octanol–water partition coefficient (Wildman–Crippen LogP) is 3.39. The first-order valence-corrected chi connectivity index (χ1v) is 6.68. The van der Waals surface area contributed by atoms with Crippen LogP contribution >= 0.6 is 0 Å². The zero-order chi connectivity index (χ0) is 14.9. The molecular weight excluding hydrogens is 272 g/mol. The number of hydrogen-bond acceptors (Lipinski definition) is 2. The molecular formula is C14H18F4N2. The van der Waals surface area contributed by atoms with Crippen LogP contribution in [-0.4, -0.2) is 31.1 Å². The van der Waals surface area contributed by atoms with E-state index in [0.717, 1.165) is 25.9 Å². The molecule has 1 N–H and O–H groups in total. The second kappa shape index (κ2) is 5.99. The van der Waals surface area contributed by atoms with Gasteiger partial charge in [-0.3, -0.25) is 0 Å². The monoisotopic (exact) mass is 290 g/mol. The van der Waals surface area contributed by atoms with Crippen molar-refractivity contribution in [2.75, 3.05) is 25.5 Å². The summed E-state index contributed by atoms with van der Waals surface area (Å²) in [7, 11) is 2.01. The van der Waals surface area contributed by atoms with Crippen molar-refractivity contribution in [2.45, 2.75) is 25.8 Å². The number of benzene rings is 1. The van der Waals surface area contributed by atoms with E-state index in [1.807, 2.05) is 7.05 Å². The Morgan fingerprint density at radius 2 is 1.60 bits per heavy atom. The van der Waals surface area contributed by atoms with Crippen LogP contribution in [0.25, 0.3) is 0 Å². The topological polar surface area (TPSA) is 15.3 Å². The number of nitrogens with zero attached hydrogens (tertiary/aromatic N) is 1. The average Bonchev–Trinajstić information content (AvgIpc) is 2.42. The van der Waals surface area contributed by atoms with E-state index in [1.54, 1.807) is 6.92 Å². The molecule has 6 heteroatoms. The maximum atomic E-state index is 13.6. The lowest BCUT2D eigenvalue weighted by Gasteiger charge is -2.33. The summed E-state index contributed by atoms with van der Waals surface area (Å²) in [4.78, 5) is 2.17. The fourth-order valence-electron chi connectivity index (χ4n) is 2.57. The molecule has 1 aromatic rings. The average molecular weight is 290 g/mol. The van der Waals surface area contributed by atoms with Gasteiger partial charge in [0.05, 0.1) is 0 Å². The van der Waals surface area contributed by atoms with E-state index in [2.05, 4.69) is 10.2 Å². The molecule has 1 atom stereocenters. The van der Waals surface area contributed by atoms with Gasteiger partial charge in [-0.15, -0.1) is 0 Å². The van der Waals surface area contributed by atoms with E-state index < -0.39 is 29.0 Å². The summed E-state index contributed by atoms with van der Waals surface area (Å²) in [6.45, 7) is 3.58. The van der Waals surface area contributed by atoms with E-state index >= 15 is 0 Å². The van der Waals surface area contributed by atoms with Gasteiger partial charge in [-0.25, -0.2) is 17.6 Å². The highest BCUT2D eigenvalue weighted by atomic mass is 19.2. The maximum Gasteiger partial charge on any atom is 0.185 e. The Hall–Kier alpha value is -1.30. The Kier molecular flexibility index (Phi) is 4.52. The highest BCUT2D eigenvalue weighted by molar-refractivity contribution is 5.48. The van der Waals surface area contributed by atoms with Crippen LogP contribution in [0.1, 0.15) is 19.8 Å². The van der Waals surface area contributed by atoms with E-state index in [0.29, 0.717) is 0 Å². The fourth-order valence-corrected chi connectivity index (χ4v) is 2.57. The molecule has 1 saturated heterocycles. The van der Waals surface area contributed by atoms with Gasteiger partial charge in [-0.1, -0.05) is 0 Å². The van der Waals surface area contributed by atoms with Crippen LogP contribution in [0.3, 0.4) is 0 Å². The number of likely N-dealkylation sites (tertiary alicyclic amines) is 1. The first-order valence-electron chi connectivity index (χ1n) is 6.68. The van der Waals surface area contributed by atoms with E-state index in [-0.39, 0.29) is 18.0 Å². The Morgan fingerprint density at radius 3 is 2.10 bits per heavy atom. The van der Waals surface area contributed by atoms with Gasteiger partial charge in [-0.2, -0.15) is 0 Å². The Bertz CT molecular complexity index is 458. The molecule has 1 aromatic carbocycles. The molecule has 0 spiro atoms. The van der Waals surface area contributed by atoms with Crippen molar-refractivity contribution < 1.29 is 17.6 Å². The lowest BCUT2D eigenvalue weighted by Crippen LogP contribution is -2.37. The summed E-state index contributed by atoms with van der Waals surface area (Å²) >= 11 is 0. The van der Waals surface area contributed by atoms with Crippen LogP contribution in [0, 0.1) is 29.2 Å². The molecule has 0 aromatic heterocycles. The van der Waals surface area contributed by atoms with Crippen LogP contribution < -0.4 is 5.32 Å². The minimum absolute atomic E-state index is 0.218. The van der Waals surface area contributed by atoms with Crippen molar-refractivity contribution in [3.05, 3.63) is 29.3 Å². The number of nitrogens with one attached hydrogen (secondary N) is 1. The van der Waals surface area contributed by atoms with Gasteiger partial charge in [-0.05, 0) is 45.8 Å². The summed E-state index contributed by atoms with van der Waals surface area (Å²) < 4.78 is 53.4. The Morgan fingerprint density at radius 1 is 1.10 bits per heavy atom. The Labute approximate surface area is 115 Å². The molecule has 2 nitrogen and oxygen atoms in total. The van der Waals surface area contributed by atoms with E-state index in [1.165, 1.54) is 0 Å². The van der Waals surface area contributed by atoms with Crippen molar-refractivity contribution >= 4 is 5.69 Å². The summed E-state index contributed by atoms with van der Waals surface area (Å²) in [5, 5.41) is 2.60. The third kappa shape index (κ3) is 3.06. The van der Waals surface area contributed by atoms with Crippen molar-refractivity contribution in [3.63, 3.8) is 0 Å². The van der Waals surface area contributed by atoms with Crippen LogP contribution in [0.2, 0.25) is 0 Å². The highest BCUT2D eigenvalue weighted by Crippen LogP contribution is 2.28. The molecule has 1 heterocycles. The standard InChI is InChI=1S/C14H18F4N2/c1-8(9-3-5-20(2)6-4-9)19-14-12(17)10(15)7-11(16)13(14)18/h7-9,19H,3-6H2,1-2H3. The molecule has 1 fully saturated rings. The molecule has 0 bridgehead atoms. The van der Waals surface area contributed by atoms with Crippen LogP contribution in [0.4, 0.5) is 23.2 Å². The summed E-state index contributed by atoms with van der Waals surface area (Å²) in [5.41, 5.74) is -0.714. The largest absolute Gasteiger partial charge is 0.377 e. The SMILES string of the molecule is CC(Nc1c(F)c(F)cc(F)c1F)C1CCN(C)CC1. The summed E-state index contributed by atoms with van der Waals surface area (Å²) in [5.74, 6) is -5.30. The summed E-state index contributed by atoms with van der Waals surface area (Å²) in [6, 6.07) is -0.0373.